The van der Waals surface area contributed by atoms with Crippen LogP contribution in [0.5, 0.6) is 0 Å². The van der Waals surface area contributed by atoms with Gasteiger partial charge >= 0.3 is 0 Å². The Bertz CT molecular complexity index is 466. The van der Waals surface area contributed by atoms with Crippen LogP contribution in [0.4, 0.5) is 0 Å². The molecule has 0 heterocycles. The Labute approximate surface area is 107 Å². The molecule has 0 saturated heterocycles. The van der Waals surface area contributed by atoms with E-state index in [0.29, 0.717) is 6.42 Å². The largest absolute Gasteiger partial charge is 0.390 e. The van der Waals surface area contributed by atoms with Gasteiger partial charge < -0.3 is 10.2 Å². The van der Waals surface area contributed by atoms with Crippen LogP contribution in [0.3, 0.4) is 0 Å². The topological polar surface area (TPSA) is 83.8 Å². The van der Waals surface area contributed by atoms with Crippen molar-refractivity contribution in [2.45, 2.75) is 37.4 Å². The second kappa shape index (κ2) is 6.29. The zero-order chi connectivity index (χ0) is 13.8. The molecular formula is C12H18O5S. The first-order valence-electron chi connectivity index (χ1n) is 5.69. The zero-order valence-corrected chi connectivity index (χ0v) is 11.2. The van der Waals surface area contributed by atoms with E-state index in [1.54, 1.807) is 19.1 Å². The van der Waals surface area contributed by atoms with Crippen molar-refractivity contribution in [3.8, 4) is 0 Å². The highest BCUT2D eigenvalue weighted by molar-refractivity contribution is 7.86. The smallest absolute Gasteiger partial charge is 0.297 e. The van der Waals surface area contributed by atoms with Crippen LogP contribution >= 0.6 is 0 Å². The second-order valence-electron chi connectivity index (χ2n) is 4.09. The van der Waals surface area contributed by atoms with E-state index >= 15 is 0 Å². The summed E-state index contributed by atoms with van der Waals surface area (Å²) in [7, 11) is -3.88. The number of aliphatic hydroxyl groups is 2. The molecule has 0 fully saturated rings. The molecule has 6 heteroatoms. The fourth-order valence-corrected chi connectivity index (χ4v) is 2.24. The van der Waals surface area contributed by atoms with Crippen LogP contribution in [0.15, 0.2) is 29.2 Å². The molecule has 18 heavy (non-hydrogen) atoms. The maximum atomic E-state index is 11.7. The molecule has 0 aromatic heterocycles. The second-order valence-corrected chi connectivity index (χ2v) is 5.71. The minimum Gasteiger partial charge on any atom is -0.390 e. The summed E-state index contributed by atoms with van der Waals surface area (Å²) in [4.78, 5) is 0.0336. The number of aliphatic hydroxyl groups excluding tert-OH is 2. The van der Waals surface area contributed by atoms with Crippen molar-refractivity contribution >= 4 is 10.1 Å². The quantitative estimate of drug-likeness (QED) is 0.751. The molecule has 5 nitrogen and oxygen atoms in total. The normalized spacial score (nSPS) is 15.3. The molecule has 0 radical (unpaired) electrons. The van der Waals surface area contributed by atoms with Crippen molar-refractivity contribution in [2.75, 3.05) is 6.61 Å². The first-order chi connectivity index (χ1) is 8.36. The summed E-state index contributed by atoms with van der Waals surface area (Å²) >= 11 is 0. The van der Waals surface area contributed by atoms with Crippen molar-refractivity contribution in [1.29, 1.82) is 0 Å². The van der Waals surface area contributed by atoms with Gasteiger partial charge in [0.15, 0.2) is 0 Å². The summed E-state index contributed by atoms with van der Waals surface area (Å²) in [6.45, 7) is 3.08. The molecule has 0 aliphatic heterocycles. The summed E-state index contributed by atoms with van der Waals surface area (Å²) in [5.74, 6) is 0. The van der Waals surface area contributed by atoms with E-state index < -0.39 is 28.9 Å². The summed E-state index contributed by atoms with van der Waals surface area (Å²) < 4.78 is 28.2. The Morgan fingerprint density at radius 1 is 1.17 bits per heavy atom. The van der Waals surface area contributed by atoms with Gasteiger partial charge in [-0.05, 0) is 25.5 Å². The monoisotopic (exact) mass is 274 g/mol. The maximum absolute atomic E-state index is 11.7. The van der Waals surface area contributed by atoms with Crippen LogP contribution in [-0.4, -0.2) is 37.4 Å². The lowest BCUT2D eigenvalue weighted by Crippen LogP contribution is -2.31. The third-order valence-corrected chi connectivity index (χ3v) is 3.86. The van der Waals surface area contributed by atoms with Crippen molar-refractivity contribution in [3.63, 3.8) is 0 Å². The average Bonchev–Trinajstić information content (AvgIpc) is 2.35. The SMILES string of the molecule is CC[C@H](O)[C@@H](O)COS(=O)(=O)c1ccc(C)cc1. The van der Waals surface area contributed by atoms with E-state index in [1.165, 1.54) is 12.1 Å². The fourth-order valence-electron chi connectivity index (χ4n) is 1.32. The third kappa shape index (κ3) is 4.06. The summed E-state index contributed by atoms with van der Waals surface area (Å²) in [5.41, 5.74) is 0.940. The van der Waals surface area contributed by atoms with Gasteiger partial charge in [-0.15, -0.1) is 0 Å². The van der Waals surface area contributed by atoms with E-state index in [4.69, 9.17) is 4.18 Å². The fraction of sp³-hybridized carbons (Fsp3) is 0.500. The lowest BCUT2D eigenvalue weighted by atomic mass is 10.2. The molecule has 1 aromatic carbocycles. The van der Waals surface area contributed by atoms with Gasteiger partial charge in [-0.2, -0.15) is 8.42 Å². The molecule has 0 spiro atoms. The van der Waals surface area contributed by atoms with Crippen LogP contribution in [0.2, 0.25) is 0 Å². The van der Waals surface area contributed by atoms with Crippen molar-refractivity contribution in [3.05, 3.63) is 29.8 Å². The van der Waals surface area contributed by atoms with E-state index in [1.807, 2.05) is 6.92 Å². The Balaban J connectivity index is 2.68. The van der Waals surface area contributed by atoms with Gasteiger partial charge in [0.25, 0.3) is 10.1 Å². The van der Waals surface area contributed by atoms with Gasteiger partial charge in [0, 0.05) is 0 Å². The van der Waals surface area contributed by atoms with E-state index in [0.717, 1.165) is 5.56 Å². The predicted molar refractivity (Wildman–Crippen MR) is 66.6 cm³/mol. The highest BCUT2D eigenvalue weighted by Gasteiger charge is 2.20. The Kier molecular flexibility index (Phi) is 5.28. The van der Waals surface area contributed by atoms with Crippen LogP contribution < -0.4 is 0 Å². The standard InChI is InChI=1S/C12H18O5S/c1-3-11(13)12(14)8-17-18(15,16)10-6-4-9(2)5-7-10/h4-7,11-14H,3,8H2,1-2H3/t11-,12-/m0/s1. The van der Waals surface area contributed by atoms with Crippen LogP contribution in [0.1, 0.15) is 18.9 Å². The predicted octanol–water partition coefficient (Wildman–Crippen LogP) is 0.832. The maximum Gasteiger partial charge on any atom is 0.297 e. The van der Waals surface area contributed by atoms with Crippen LogP contribution in [-0.2, 0) is 14.3 Å². The number of aryl methyl sites for hydroxylation is 1. The number of rotatable bonds is 6. The highest BCUT2D eigenvalue weighted by Crippen LogP contribution is 2.14. The Hall–Kier alpha value is -0.950. The highest BCUT2D eigenvalue weighted by atomic mass is 32.2. The first-order valence-corrected chi connectivity index (χ1v) is 7.10. The Morgan fingerprint density at radius 2 is 1.72 bits per heavy atom. The molecule has 2 atom stereocenters. The minimum absolute atomic E-state index is 0.0336. The molecule has 0 aliphatic carbocycles. The van der Waals surface area contributed by atoms with Gasteiger partial charge in [0.05, 0.1) is 17.6 Å². The lowest BCUT2D eigenvalue weighted by molar-refractivity contribution is -0.00771. The summed E-state index contributed by atoms with van der Waals surface area (Å²) in [5, 5.41) is 18.7. The van der Waals surface area contributed by atoms with E-state index in [2.05, 4.69) is 0 Å². The van der Waals surface area contributed by atoms with E-state index in [9.17, 15) is 18.6 Å². The molecule has 0 bridgehead atoms. The molecular weight excluding hydrogens is 256 g/mol. The summed E-state index contributed by atoms with van der Waals surface area (Å²) in [6.07, 6.45) is -1.87. The molecule has 1 aromatic rings. The van der Waals surface area contributed by atoms with Gasteiger partial charge in [-0.25, -0.2) is 0 Å². The molecule has 102 valence electrons. The molecule has 1 rings (SSSR count). The molecule has 2 N–H and O–H groups in total. The van der Waals surface area contributed by atoms with Crippen molar-refractivity contribution in [2.24, 2.45) is 0 Å². The van der Waals surface area contributed by atoms with Gasteiger partial charge in [0.1, 0.15) is 6.10 Å². The molecule has 0 amide bonds. The van der Waals surface area contributed by atoms with Gasteiger partial charge in [-0.3, -0.25) is 4.18 Å². The number of hydrogen-bond donors (Lipinski definition) is 2. The lowest BCUT2D eigenvalue weighted by Gasteiger charge is -2.15. The average molecular weight is 274 g/mol. The first kappa shape index (κ1) is 15.1. The number of benzene rings is 1. The van der Waals surface area contributed by atoms with Gasteiger partial charge in [-0.1, -0.05) is 24.6 Å². The van der Waals surface area contributed by atoms with Crippen LogP contribution in [0.25, 0.3) is 0 Å². The van der Waals surface area contributed by atoms with Crippen LogP contribution in [0, 0.1) is 6.92 Å². The molecule has 0 aliphatic rings. The Morgan fingerprint density at radius 3 is 2.22 bits per heavy atom. The third-order valence-electron chi connectivity index (χ3n) is 2.57. The minimum atomic E-state index is -3.88. The van der Waals surface area contributed by atoms with Crippen molar-refractivity contribution in [1.82, 2.24) is 0 Å². The van der Waals surface area contributed by atoms with Crippen molar-refractivity contribution < 1.29 is 22.8 Å². The molecule has 0 saturated carbocycles. The molecule has 0 unspecified atom stereocenters. The van der Waals surface area contributed by atoms with E-state index in [-0.39, 0.29) is 4.90 Å². The van der Waals surface area contributed by atoms with Gasteiger partial charge in [0.2, 0.25) is 0 Å². The zero-order valence-electron chi connectivity index (χ0n) is 10.4. The summed E-state index contributed by atoms with van der Waals surface area (Å²) in [6, 6.07) is 6.20. The number of hydrogen-bond acceptors (Lipinski definition) is 5.